The molecule has 1 aromatic rings. The van der Waals surface area contributed by atoms with Crippen molar-refractivity contribution in [2.24, 2.45) is 0 Å². The van der Waals surface area contributed by atoms with E-state index in [9.17, 15) is 0 Å². The van der Waals surface area contributed by atoms with E-state index in [4.69, 9.17) is 21.1 Å². The Morgan fingerprint density at radius 2 is 2.05 bits per heavy atom. The third kappa shape index (κ3) is 6.23. The van der Waals surface area contributed by atoms with Crippen LogP contribution in [-0.4, -0.2) is 30.3 Å². The standard InChI is InChI=1S/C14H23ClN2O2/c1-10(9-18-5)19-13-7-6-11(15)12(17-13)8-16-14(2,3)4/h6-7,10,16H,8-9H2,1-5H3. The molecule has 0 amide bonds. The first-order chi connectivity index (χ1) is 8.81. The quantitative estimate of drug-likeness (QED) is 0.873. The predicted octanol–water partition coefficient (Wildman–Crippen LogP) is 3.04. The summed E-state index contributed by atoms with van der Waals surface area (Å²) >= 11 is 6.14. The fourth-order valence-corrected chi connectivity index (χ4v) is 1.65. The molecular formula is C14H23ClN2O2. The van der Waals surface area contributed by atoms with Crippen LogP contribution in [0.2, 0.25) is 5.02 Å². The van der Waals surface area contributed by atoms with Crippen LogP contribution in [0.5, 0.6) is 5.88 Å². The average molecular weight is 287 g/mol. The molecule has 0 aliphatic heterocycles. The Morgan fingerprint density at radius 3 is 2.63 bits per heavy atom. The summed E-state index contributed by atoms with van der Waals surface area (Å²) in [4.78, 5) is 4.43. The Labute approximate surface area is 120 Å². The summed E-state index contributed by atoms with van der Waals surface area (Å²) in [6.07, 6.45) is -0.0397. The Bertz CT molecular complexity index is 405. The molecule has 4 nitrogen and oxygen atoms in total. The highest BCUT2D eigenvalue weighted by atomic mass is 35.5. The number of hydrogen-bond donors (Lipinski definition) is 1. The van der Waals surface area contributed by atoms with Crippen LogP contribution in [0, 0.1) is 0 Å². The molecule has 1 aromatic heterocycles. The van der Waals surface area contributed by atoms with Crippen LogP contribution in [-0.2, 0) is 11.3 Å². The van der Waals surface area contributed by atoms with Gasteiger partial charge in [-0.3, -0.25) is 0 Å². The maximum atomic E-state index is 6.14. The Hall–Kier alpha value is -0.840. The maximum Gasteiger partial charge on any atom is 0.213 e. The summed E-state index contributed by atoms with van der Waals surface area (Å²) in [5.41, 5.74) is 0.810. The number of aromatic nitrogens is 1. The van der Waals surface area contributed by atoms with Crippen LogP contribution < -0.4 is 10.1 Å². The van der Waals surface area contributed by atoms with Gasteiger partial charge >= 0.3 is 0 Å². The lowest BCUT2D eigenvalue weighted by Gasteiger charge is -2.21. The fourth-order valence-electron chi connectivity index (χ4n) is 1.48. The lowest BCUT2D eigenvalue weighted by atomic mass is 10.1. The lowest BCUT2D eigenvalue weighted by Crippen LogP contribution is -2.35. The number of nitrogens with one attached hydrogen (secondary N) is 1. The molecule has 0 aromatic carbocycles. The van der Waals surface area contributed by atoms with E-state index in [1.165, 1.54) is 0 Å². The van der Waals surface area contributed by atoms with Crippen molar-refractivity contribution in [1.29, 1.82) is 0 Å². The fraction of sp³-hybridized carbons (Fsp3) is 0.643. The molecule has 0 bridgehead atoms. The van der Waals surface area contributed by atoms with E-state index in [2.05, 4.69) is 31.1 Å². The van der Waals surface area contributed by atoms with E-state index in [0.717, 1.165) is 5.69 Å². The molecule has 0 spiro atoms. The van der Waals surface area contributed by atoms with Gasteiger partial charge < -0.3 is 14.8 Å². The number of rotatable bonds is 6. The smallest absolute Gasteiger partial charge is 0.213 e. The highest BCUT2D eigenvalue weighted by Gasteiger charge is 2.12. The molecule has 1 unspecified atom stereocenters. The summed E-state index contributed by atoms with van der Waals surface area (Å²) in [5.74, 6) is 0.569. The van der Waals surface area contributed by atoms with Crippen LogP contribution in [0.15, 0.2) is 12.1 Å². The first-order valence-electron chi connectivity index (χ1n) is 6.38. The van der Waals surface area contributed by atoms with Gasteiger partial charge in [-0.05, 0) is 33.8 Å². The minimum absolute atomic E-state index is 0.0191. The number of nitrogens with zero attached hydrogens (tertiary/aromatic N) is 1. The second kappa shape index (κ2) is 7.08. The predicted molar refractivity (Wildman–Crippen MR) is 77.8 cm³/mol. The molecule has 19 heavy (non-hydrogen) atoms. The second-order valence-electron chi connectivity index (χ2n) is 5.57. The Kier molecular flexibility index (Phi) is 6.04. The molecule has 0 saturated carbocycles. The van der Waals surface area contributed by atoms with Crippen molar-refractivity contribution in [3.63, 3.8) is 0 Å². The van der Waals surface area contributed by atoms with Crippen molar-refractivity contribution in [3.8, 4) is 5.88 Å². The van der Waals surface area contributed by atoms with Gasteiger partial charge in [-0.1, -0.05) is 11.6 Å². The van der Waals surface area contributed by atoms with Gasteiger partial charge in [-0.25, -0.2) is 4.98 Å². The summed E-state index contributed by atoms with van der Waals surface area (Å²) in [5, 5.41) is 4.00. The van der Waals surface area contributed by atoms with E-state index in [1.54, 1.807) is 13.2 Å². The number of ether oxygens (including phenoxy) is 2. The highest BCUT2D eigenvalue weighted by Crippen LogP contribution is 2.19. The molecule has 0 aliphatic rings. The first-order valence-corrected chi connectivity index (χ1v) is 6.75. The van der Waals surface area contributed by atoms with Gasteiger partial charge in [0.2, 0.25) is 5.88 Å². The largest absolute Gasteiger partial charge is 0.472 e. The number of methoxy groups -OCH3 is 1. The van der Waals surface area contributed by atoms with Crippen molar-refractivity contribution in [2.45, 2.75) is 45.9 Å². The molecule has 1 atom stereocenters. The Balaban J connectivity index is 2.71. The van der Waals surface area contributed by atoms with E-state index in [0.29, 0.717) is 24.1 Å². The monoisotopic (exact) mass is 286 g/mol. The summed E-state index contributed by atoms with van der Waals surface area (Å²) in [6, 6.07) is 3.58. The van der Waals surface area contributed by atoms with Crippen molar-refractivity contribution in [2.75, 3.05) is 13.7 Å². The molecule has 5 heteroatoms. The molecule has 1 rings (SSSR count). The maximum absolute atomic E-state index is 6.14. The first kappa shape index (κ1) is 16.2. The molecule has 1 N–H and O–H groups in total. The molecule has 0 saturated heterocycles. The molecule has 0 aliphatic carbocycles. The zero-order chi connectivity index (χ0) is 14.5. The topological polar surface area (TPSA) is 43.4 Å². The van der Waals surface area contributed by atoms with Crippen LogP contribution in [0.1, 0.15) is 33.4 Å². The lowest BCUT2D eigenvalue weighted by molar-refractivity contribution is 0.0888. The van der Waals surface area contributed by atoms with Crippen LogP contribution >= 0.6 is 11.6 Å². The van der Waals surface area contributed by atoms with Crippen molar-refractivity contribution in [3.05, 3.63) is 22.8 Å². The second-order valence-corrected chi connectivity index (χ2v) is 5.97. The normalized spacial score (nSPS) is 13.4. The van der Waals surface area contributed by atoms with Gasteiger partial charge in [0.25, 0.3) is 0 Å². The minimum atomic E-state index is -0.0397. The number of pyridine rings is 1. The van der Waals surface area contributed by atoms with Crippen molar-refractivity contribution < 1.29 is 9.47 Å². The summed E-state index contributed by atoms with van der Waals surface area (Å²) < 4.78 is 10.7. The van der Waals surface area contributed by atoms with Crippen LogP contribution in [0.3, 0.4) is 0 Å². The van der Waals surface area contributed by atoms with Crippen molar-refractivity contribution >= 4 is 11.6 Å². The highest BCUT2D eigenvalue weighted by molar-refractivity contribution is 6.31. The molecule has 0 radical (unpaired) electrons. The van der Waals surface area contributed by atoms with Crippen molar-refractivity contribution in [1.82, 2.24) is 10.3 Å². The average Bonchev–Trinajstić information content (AvgIpc) is 2.29. The summed E-state index contributed by atoms with van der Waals surface area (Å²) in [7, 11) is 1.65. The molecule has 108 valence electrons. The van der Waals surface area contributed by atoms with E-state index >= 15 is 0 Å². The number of halogens is 1. The van der Waals surface area contributed by atoms with Gasteiger partial charge in [-0.2, -0.15) is 0 Å². The van der Waals surface area contributed by atoms with E-state index < -0.39 is 0 Å². The van der Waals surface area contributed by atoms with Gasteiger partial charge in [0.05, 0.1) is 17.3 Å². The van der Waals surface area contributed by atoms with Gasteiger partial charge in [0.15, 0.2) is 0 Å². The number of hydrogen-bond acceptors (Lipinski definition) is 4. The van der Waals surface area contributed by atoms with E-state index in [1.807, 2.05) is 13.0 Å². The molecule has 0 fully saturated rings. The molecule has 1 heterocycles. The zero-order valence-electron chi connectivity index (χ0n) is 12.3. The SMILES string of the molecule is COCC(C)Oc1ccc(Cl)c(CNC(C)(C)C)n1. The third-order valence-electron chi connectivity index (χ3n) is 2.40. The van der Waals surface area contributed by atoms with E-state index in [-0.39, 0.29) is 11.6 Å². The van der Waals surface area contributed by atoms with Crippen LogP contribution in [0.4, 0.5) is 0 Å². The van der Waals surface area contributed by atoms with Gasteiger partial charge in [-0.15, -0.1) is 0 Å². The van der Waals surface area contributed by atoms with Gasteiger partial charge in [0.1, 0.15) is 6.10 Å². The third-order valence-corrected chi connectivity index (χ3v) is 2.75. The summed E-state index contributed by atoms with van der Waals surface area (Å²) in [6.45, 7) is 9.37. The van der Waals surface area contributed by atoms with Crippen LogP contribution in [0.25, 0.3) is 0 Å². The Morgan fingerprint density at radius 1 is 1.37 bits per heavy atom. The minimum Gasteiger partial charge on any atom is -0.472 e. The van der Waals surface area contributed by atoms with Gasteiger partial charge in [0, 0.05) is 25.3 Å². The molecular weight excluding hydrogens is 264 g/mol. The zero-order valence-corrected chi connectivity index (χ0v) is 13.0.